The predicted octanol–water partition coefficient (Wildman–Crippen LogP) is 7.30. The van der Waals surface area contributed by atoms with Crippen molar-refractivity contribution in [2.75, 3.05) is 16.8 Å². The van der Waals surface area contributed by atoms with Crippen molar-refractivity contribution in [2.45, 2.75) is 59.8 Å². The maximum absolute atomic E-state index is 13.4. The van der Waals surface area contributed by atoms with Crippen molar-refractivity contribution in [1.29, 1.82) is 0 Å². The van der Waals surface area contributed by atoms with Gasteiger partial charge in [0.25, 0.3) is 5.91 Å². The molecular formula is C28H36N2O3. The molecule has 1 aliphatic rings. The van der Waals surface area contributed by atoms with Crippen LogP contribution < -0.4 is 10.2 Å². The molecule has 3 N–H and O–H groups in total. The predicted molar refractivity (Wildman–Crippen MR) is 137 cm³/mol. The molecular weight excluding hydrogens is 412 g/mol. The van der Waals surface area contributed by atoms with Crippen molar-refractivity contribution in [3.63, 3.8) is 0 Å². The number of rotatable bonds is 9. The summed E-state index contributed by atoms with van der Waals surface area (Å²) in [5.41, 5.74) is 4.67. The van der Waals surface area contributed by atoms with Crippen LogP contribution in [0.4, 0.5) is 17.1 Å². The average molecular weight is 449 g/mol. The molecule has 0 radical (unpaired) electrons. The van der Waals surface area contributed by atoms with Crippen molar-refractivity contribution in [2.24, 2.45) is 5.92 Å². The van der Waals surface area contributed by atoms with Crippen molar-refractivity contribution in [1.82, 2.24) is 0 Å². The van der Waals surface area contributed by atoms with Crippen LogP contribution >= 0.6 is 0 Å². The highest BCUT2D eigenvalue weighted by atomic mass is 16.3. The van der Waals surface area contributed by atoms with Crippen LogP contribution in [-0.2, 0) is 0 Å². The third kappa shape index (κ3) is 6.41. The summed E-state index contributed by atoms with van der Waals surface area (Å²) in [6.45, 7) is 9.11. The number of phenols is 2. The minimum absolute atomic E-state index is 0.0205. The summed E-state index contributed by atoms with van der Waals surface area (Å²) in [7, 11) is 0. The number of carbonyl (C=O) groups excluding carboxylic acids is 1. The molecule has 5 heteroatoms. The minimum Gasteiger partial charge on any atom is -0.508 e. The molecule has 0 fully saturated rings. The van der Waals surface area contributed by atoms with E-state index < -0.39 is 0 Å². The van der Waals surface area contributed by atoms with E-state index in [4.69, 9.17) is 0 Å². The maximum Gasteiger partial charge on any atom is 0.260 e. The van der Waals surface area contributed by atoms with Crippen LogP contribution in [0, 0.1) is 5.92 Å². The monoisotopic (exact) mass is 448 g/mol. The quantitative estimate of drug-likeness (QED) is 0.214. The molecule has 1 heterocycles. The largest absolute Gasteiger partial charge is 0.508 e. The van der Waals surface area contributed by atoms with Gasteiger partial charge < -0.3 is 20.4 Å². The van der Waals surface area contributed by atoms with E-state index in [9.17, 15) is 15.0 Å². The first-order valence-electron chi connectivity index (χ1n) is 11.8. The zero-order chi connectivity index (χ0) is 24.0. The Morgan fingerprint density at radius 2 is 1.88 bits per heavy atom. The van der Waals surface area contributed by atoms with Crippen molar-refractivity contribution in [3.05, 3.63) is 65.3 Å². The van der Waals surface area contributed by atoms with Gasteiger partial charge in [0.2, 0.25) is 0 Å². The summed E-state index contributed by atoms with van der Waals surface area (Å²) >= 11 is 0. The number of carbonyl (C=O) groups is 1. The summed E-state index contributed by atoms with van der Waals surface area (Å²) in [4.78, 5) is 15.0. The standard InChI is InChI=1S/C28H36N2O3/c1-19(2)8-5-9-20(3)10-6-11-21(4)16-17-30-25-18-22(31)14-15-24(25)29-27-23(28(30)33)12-7-13-26(27)32/h7-8,12-16,18,20,29,31-32H,5-6,9-11,17H2,1-4H3/b21-16+. The van der Waals surface area contributed by atoms with E-state index in [1.807, 2.05) is 0 Å². The van der Waals surface area contributed by atoms with E-state index in [0.717, 1.165) is 19.3 Å². The Hall–Kier alpha value is -3.21. The number of nitrogens with one attached hydrogen (secondary N) is 1. The maximum atomic E-state index is 13.4. The fourth-order valence-corrected chi connectivity index (χ4v) is 4.15. The van der Waals surface area contributed by atoms with Gasteiger partial charge in [-0.15, -0.1) is 0 Å². The number of amides is 1. The van der Waals surface area contributed by atoms with Gasteiger partial charge in [0.15, 0.2) is 0 Å². The van der Waals surface area contributed by atoms with Gasteiger partial charge in [0.05, 0.1) is 22.6 Å². The van der Waals surface area contributed by atoms with Crippen LogP contribution in [0.15, 0.2) is 59.7 Å². The Bertz CT molecular complexity index is 1050. The molecule has 33 heavy (non-hydrogen) atoms. The topological polar surface area (TPSA) is 72.8 Å². The van der Waals surface area contributed by atoms with Gasteiger partial charge in [0.1, 0.15) is 11.5 Å². The molecule has 0 saturated carbocycles. The first kappa shape index (κ1) is 24.4. The lowest BCUT2D eigenvalue weighted by Gasteiger charge is -2.22. The molecule has 1 amide bonds. The molecule has 0 spiro atoms. The van der Waals surface area contributed by atoms with Crippen LogP contribution in [0.25, 0.3) is 0 Å². The summed E-state index contributed by atoms with van der Waals surface area (Å²) < 4.78 is 0. The number of fused-ring (bicyclic) bond motifs is 2. The molecule has 0 aromatic heterocycles. The van der Waals surface area contributed by atoms with Crippen LogP contribution in [0.3, 0.4) is 0 Å². The second-order valence-electron chi connectivity index (χ2n) is 9.35. The molecule has 1 aliphatic heterocycles. The molecule has 2 aromatic carbocycles. The third-order valence-electron chi connectivity index (χ3n) is 6.15. The number of aromatic hydroxyl groups is 2. The molecule has 0 saturated heterocycles. The number of anilines is 3. The number of phenolic OH excluding ortho intramolecular Hbond substituents is 2. The van der Waals surface area contributed by atoms with Crippen LogP contribution in [0.5, 0.6) is 11.5 Å². The van der Waals surface area contributed by atoms with E-state index in [-0.39, 0.29) is 17.4 Å². The van der Waals surface area contributed by atoms with Gasteiger partial charge in [-0.2, -0.15) is 0 Å². The Morgan fingerprint density at radius 1 is 1.09 bits per heavy atom. The average Bonchev–Trinajstić information content (AvgIpc) is 2.87. The highest BCUT2D eigenvalue weighted by molar-refractivity contribution is 6.14. The number of benzene rings is 2. The molecule has 3 rings (SSSR count). The molecule has 1 atom stereocenters. The van der Waals surface area contributed by atoms with Gasteiger partial charge in [-0.25, -0.2) is 0 Å². The van der Waals surface area contributed by atoms with Crippen LogP contribution in [0.1, 0.15) is 70.2 Å². The number of para-hydroxylation sites is 1. The normalized spacial score (nSPS) is 14.1. The molecule has 5 nitrogen and oxygen atoms in total. The zero-order valence-corrected chi connectivity index (χ0v) is 20.2. The van der Waals surface area contributed by atoms with Crippen LogP contribution in [-0.4, -0.2) is 22.7 Å². The lowest BCUT2D eigenvalue weighted by Crippen LogP contribution is -2.30. The Balaban J connectivity index is 1.70. The summed E-state index contributed by atoms with van der Waals surface area (Å²) in [6, 6.07) is 9.80. The number of hydrogen-bond donors (Lipinski definition) is 3. The number of allylic oxidation sites excluding steroid dienone is 3. The van der Waals surface area contributed by atoms with Crippen molar-refractivity contribution in [3.8, 4) is 11.5 Å². The summed E-state index contributed by atoms with van der Waals surface area (Å²) in [5.74, 6) is 0.596. The highest BCUT2D eigenvalue weighted by Crippen LogP contribution is 2.41. The van der Waals surface area contributed by atoms with E-state index in [1.165, 1.54) is 24.0 Å². The smallest absolute Gasteiger partial charge is 0.260 e. The minimum atomic E-state index is -0.213. The Labute approximate surface area is 197 Å². The first-order valence-corrected chi connectivity index (χ1v) is 11.8. The first-order chi connectivity index (χ1) is 15.8. The highest BCUT2D eigenvalue weighted by Gasteiger charge is 2.28. The molecule has 176 valence electrons. The zero-order valence-electron chi connectivity index (χ0n) is 20.2. The van der Waals surface area contributed by atoms with Gasteiger partial charge >= 0.3 is 0 Å². The summed E-state index contributed by atoms with van der Waals surface area (Å²) in [5, 5.41) is 23.5. The van der Waals surface area contributed by atoms with Crippen LogP contribution in [0.2, 0.25) is 0 Å². The molecule has 0 bridgehead atoms. The lowest BCUT2D eigenvalue weighted by molar-refractivity contribution is 0.0991. The second kappa shape index (κ2) is 11.1. The van der Waals surface area contributed by atoms with Gasteiger partial charge in [-0.05, 0) is 76.6 Å². The van der Waals surface area contributed by atoms with Gasteiger partial charge in [0, 0.05) is 12.6 Å². The molecule has 1 unspecified atom stereocenters. The fraction of sp³-hybridized carbons (Fsp3) is 0.393. The Morgan fingerprint density at radius 3 is 2.64 bits per heavy atom. The van der Waals surface area contributed by atoms with Gasteiger partial charge in [-0.3, -0.25) is 4.79 Å². The second-order valence-corrected chi connectivity index (χ2v) is 9.35. The molecule has 0 aliphatic carbocycles. The van der Waals surface area contributed by atoms with Gasteiger partial charge in [-0.1, -0.05) is 42.7 Å². The fourth-order valence-electron chi connectivity index (χ4n) is 4.15. The summed E-state index contributed by atoms with van der Waals surface area (Å²) in [6.07, 6.45) is 10.1. The van der Waals surface area contributed by atoms with Crippen molar-refractivity contribution >= 4 is 23.0 Å². The Kier molecular flexibility index (Phi) is 8.21. The number of hydrogen-bond acceptors (Lipinski definition) is 4. The number of nitrogens with zero attached hydrogens (tertiary/aromatic N) is 1. The SMILES string of the molecule is CC(C)=CCCC(C)CCC/C(C)=C/CN1C(=O)c2cccc(O)c2Nc2ccc(O)cc21. The van der Waals surface area contributed by atoms with E-state index in [2.05, 4.69) is 45.2 Å². The van der Waals surface area contributed by atoms with E-state index in [0.29, 0.717) is 35.1 Å². The molecule has 2 aromatic rings. The van der Waals surface area contributed by atoms with E-state index in [1.54, 1.807) is 41.3 Å². The third-order valence-corrected chi connectivity index (χ3v) is 6.15. The van der Waals surface area contributed by atoms with E-state index >= 15 is 0 Å². The van der Waals surface area contributed by atoms with Crippen molar-refractivity contribution < 1.29 is 15.0 Å². The lowest BCUT2D eigenvalue weighted by atomic mass is 9.97.